The standard InChI is InChI=1S/C11H11NO2S/c1-14-10-4-2-9(3-5-10)8-12-7-6-11(13)15-12/h2-7H,8H2,1H3. The van der Waals surface area contributed by atoms with E-state index in [-0.39, 0.29) is 4.74 Å². The molecule has 2 rings (SSSR count). The first-order chi connectivity index (χ1) is 7.28. The van der Waals surface area contributed by atoms with Crippen LogP contribution in [0.1, 0.15) is 5.56 Å². The van der Waals surface area contributed by atoms with E-state index >= 15 is 0 Å². The smallest absolute Gasteiger partial charge is 0.249 e. The first-order valence-electron chi connectivity index (χ1n) is 4.57. The lowest BCUT2D eigenvalue weighted by atomic mass is 10.2. The van der Waals surface area contributed by atoms with Gasteiger partial charge in [-0.25, -0.2) is 0 Å². The van der Waals surface area contributed by atoms with Crippen molar-refractivity contribution >= 4 is 11.5 Å². The molecular weight excluding hydrogens is 210 g/mol. The normalized spacial score (nSPS) is 10.2. The van der Waals surface area contributed by atoms with Crippen LogP contribution in [0.5, 0.6) is 5.75 Å². The summed E-state index contributed by atoms with van der Waals surface area (Å²) < 4.78 is 7.06. The number of nitrogens with zero attached hydrogens (tertiary/aromatic N) is 1. The van der Waals surface area contributed by atoms with Gasteiger partial charge in [0.1, 0.15) is 5.75 Å². The van der Waals surface area contributed by atoms with Crippen molar-refractivity contribution in [2.75, 3.05) is 7.11 Å². The number of hydrogen-bond acceptors (Lipinski definition) is 3. The average molecular weight is 221 g/mol. The Kier molecular flexibility index (Phi) is 2.87. The SMILES string of the molecule is COc1ccc(Cn2ccc(=O)s2)cc1. The van der Waals surface area contributed by atoms with Crippen LogP contribution in [-0.4, -0.2) is 11.1 Å². The number of ether oxygens (including phenoxy) is 1. The molecule has 0 bridgehead atoms. The van der Waals surface area contributed by atoms with Crippen molar-refractivity contribution < 1.29 is 4.74 Å². The Morgan fingerprint density at radius 2 is 2.00 bits per heavy atom. The molecule has 1 aromatic heterocycles. The highest BCUT2D eigenvalue weighted by Gasteiger charge is 1.97. The summed E-state index contributed by atoms with van der Waals surface area (Å²) in [6.07, 6.45) is 1.80. The highest BCUT2D eigenvalue weighted by atomic mass is 32.1. The molecular formula is C11H11NO2S. The lowest BCUT2D eigenvalue weighted by molar-refractivity contribution is 0.414. The van der Waals surface area contributed by atoms with Crippen molar-refractivity contribution in [3.8, 4) is 5.75 Å². The molecule has 0 aliphatic rings. The highest BCUT2D eigenvalue weighted by molar-refractivity contribution is 7.03. The minimum Gasteiger partial charge on any atom is -0.497 e. The monoisotopic (exact) mass is 221 g/mol. The van der Waals surface area contributed by atoms with E-state index in [0.717, 1.165) is 17.9 Å². The van der Waals surface area contributed by atoms with Gasteiger partial charge in [0.05, 0.1) is 13.7 Å². The molecule has 0 unspecified atom stereocenters. The van der Waals surface area contributed by atoms with Gasteiger partial charge in [0, 0.05) is 12.3 Å². The number of methoxy groups -OCH3 is 1. The Balaban J connectivity index is 2.14. The van der Waals surface area contributed by atoms with E-state index < -0.39 is 0 Å². The summed E-state index contributed by atoms with van der Waals surface area (Å²) in [4.78, 5) is 11.0. The van der Waals surface area contributed by atoms with Crippen LogP contribution in [0.15, 0.2) is 41.3 Å². The van der Waals surface area contributed by atoms with E-state index in [1.807, 2.05) is 28.2 Å². The fourth-order valence-electron chi connectivity index (χ4n) is 1.32. The molecule has 0 N–H and O–H groups in total. The van der Waals surface area contributed by atoms with Crippen LogP contribution >= 0.6 is 11.5 Å². The van der Waals surface area contributed by atoms with Gasteiger partial charge in [-0.2, -0.15) is 0 Å². The van der Waals surface area contributed by atoms with Crippen LogP contribution in [0.4, 0.5) is 0 Å². The van der Waals surface area contributed by atoms with Crippen LogP contribution in [0.2, 0.25) is 0 Å². The largest absolute Gasteiger partial charge is 0.497 e. The summed E-state index contributed by atoms with van der Waals surface area (Å²) in [6, 6.07) is 9.41. The molecule has 0 aliphatic heterocycles. The Morgan fingerprint density at radius 3 is 2.53 bits per heavy atom. The summed E-state index contributed by atoms with van der Waals surface area (Å²) in [5, 5.41) is 0. The molecule has 0 atom stereocenters. The quantitative estimate of drug-likeness (QED) is 0.793. The summed E-state index contributed by atoms with van der Waals surface area (Å²) in [5.74, 6) is 0.847. The van der Waals surface area contributed by atoms with Gasteiger partial charge >= 0.3 is 0 Å². The van der Waals surface area contributed by atoms with Gasteiger partial charge < -0.3 is 4.74 Å². The maximum Gasteiger partial charge on any atom is 0.249 e. The lowest BCUT2D eigenvalue weighted by Crippen LogP contribution is -1.94. The second kappa shape index (κ2) is 4.31. The molecule has 0 fully saturated rings. The molecule has 0 aliphatic carbocycles. The topological polar surface area (TPSA) is 31.2 Å². The molecule has 1 heterocycles. The summed E-state index contributed by atoms with van der Waals surface area (Å²) in [7, 11) is 1.65. The first kappa shape index (κ1) is 9.98. The molecule has 3 nitrogen and oxygen atoms in total. The summed E-state index contributed by atoms with van der Waals surface area (Å²) >= 11 is 1.22. The van der Waals surface area contributed by atoms with Gasteiger partial charge in [0.2, 0.25) is 4.74 Å². The number of aromatic nitrogens is 1. The zero-order chi connectivity index (χ0) is 10.7. The van der Waals surface area contributed by atoms with E-state index in [4.69, 9.17) is 4.74 Å². The molecule has 1 aromatic carbocycles. The zero-order valence-corrected chi connectivity index (χ0v) is 9.16. The van der Waals surface area contributed by atoms with E-state index in [0.29, 0.717) is 0 Å². The zero-order valence-electron chi connectivity index (χ0n) is 8.34. The summed E-state index contributed by atoms with van der Waals surface area (Å²) in [5.41, 5.74) is 1.16. The third kappa shape index (κ3) is 2.47. The Hall–Kier alpha value is -1.55. The third-order valence-electron chi connectivity index (χ3n) is 2.08. The minimum atomic E-state index is 0.0866. The second-order valence-electron chi connectivity index (χ2n) is 3.15. The van der Waals surface area contributed by atoms with Crippen LogP contribution in [0, 0.1) is 0 Å². The Bertz CT molecular complexity index is 484. The van der Waals surface area contributed by atoms with Gasteiger partial charge in [-0.05, 0) is 29.2 Å². The van der Waals surface area contributed by atoms with E-state index in [1.54, 1.807) is 19.4 Å². The van der Waals surface area contributed by atoms with E-state index in [2.05, 4.69) is 0 Å². The molecule has 0 saturated heterocycles. The van der Waals surface area contributed by atoms with Crippen molar-refractivity contribution in [2.45, 2.75) is 6.54 Å². The highest BCUT2D eigenvalue weighted by Crippen LogP contribution is 2.12. The van der Waals surface area contributed by atoms with Crippen LogP contribution in [0.3, 0.4) is 0 Å². The maximum atomic E-state index is 11.0. The Labute approximate surface area is 91.7 Å². The van der Waals surface area contributed by atoms with Gasteiger partial charge in [-0.15, -0.1) is 0 Å². The van der Waals surface area contributed by atoms with Gasteiger partial charge in [-0.1, -0.05) is 12.1 Å². The summed E-state index contributed by atoms with van der Waals surface area (Å²) in [6.45, 7) is 0.733. The molecule has 2 aromatic rings. The number of hydrogen-bond donors (Lipinski definition) is 0. The van der Waals surface area contributed by atoms with Gasteiger partial charge in [-0.3, -0.25) is 8.75 Å². The molecule has 15 heavy (non-hydrogen) atoms. The van der Waals surface area contributed by atoms with Crippen molar-refractivity contribution in [2.24, 2.45) is 0 Å². The maximum absolute atomic E-state index is 11.0. The molecule has 78 valence electrons. The second-order valence-corrected chi connectivity index (χ2v) is 4.20. The van der Waals surface area contributed by atoms with Crippen LogP contribution < -0.4 is 9.48 Å². The molecule has 0 amide bonds. The minimum absolute atomic E-state index is 0.0866. The third-order valence-corrected chi connectivity index (χ3v) is 2.88. The van der Waals surface area contributed by atoms with Gasteiger partial charge in [0.25, 0.3) is 0 Å². The van der Waals surface area contributed by atoms with E-state index in [1.165, 1.54) is 11.5 Å². The predicted molar refractivity (Wildman–Crippen MR) is 60.7 cm³/mol. The first-order valence-corrected chi connectivity index (χ1v) is 5.35. The lowest BCUT2D eigenvalue weighted by Gasteiger charge is -2.03. The Morgan fingerprint density at radius 1 is 1.27 bits per heavy atom. The molecule has 4 heteroatoms. The predicted octanol–water partition coefficient (Wildman–Crippen LogP) is 1.97. The van der Waals surface area contributed by atoms with Crippen LogP contribution in [0.25, 0.3) is 0 Å². The van der Waals surface area contributed by atoms with E-state index in [9.17, 15) is 4.79 Å². The average Bonchev–Trinajstić information content (AvgIpc) is 2.65. The molecule has 0 radical (unpaired) electrons. The molecule has 0 spiro atoms. The van der Waals surface area contributed by atoms with Crippen LogP contribution in [-0.2, 0) is 6.54 Å². The fraction of sp³-hybridized carbons (Fsp3) is 0.182. The van der Waals surface area contributed by atoms with Crippen molar-refractivity contribution in [1.29, 1.82) is 0 Å². The molecule has 0 saturated carbocycles. The number of rotatable bonds is 3. The number of benzene rings is 1. The fourth-order valence-corrected chi connectivity index (χ4v) is 2.00. The van der Waals surface area contributed by atoms with Crippen molar-refractivity contribution in [3.05, 3.63) is 51.6 Å². The van der Waals surface area contributed by atoms with Gasteiger partial charge in [0.15, 0.2) is 0 Å². The van der Waals surface area contributed by atoms with Crippen molar-refractivity contribution in [1.82, 2.24) is 3.96 Å². The van der Waals surface area contributed by atoms with Crippen molar-refractivity contribution in [3.63, 3.8) is 0 Å².